The van der Waals surface area contributed by atoms with Crippen molar-refractivity contribution in [1.82, 2.24) is 15.1 Å². The number of aryl methyl sites for hydroxylation is 1. The van der Waals surface area contributed by atoms with Crippen LogP contribution < -0.4 is 0 Å². The second-order valence-corrected chi connectivity index (χ2v) is 8.98. The Hall–Kier alpha value is -2.22. The first kappa shape index (κ1) is 18.6. The standard InChI is InChI=1S/C18H22FN3O3S/c1-22(18(23)14-7-9-26(24,25)12-14)8-3-6-16-11-17(21-20-16)13-4-2-5-15(19)10-13/h2,4-5,10-11,14H,3,6-9,12H2,1H3,(H,20,21). The summed E-state index contributed by atoms with van der Waals surface area (Å²) >= 11 is 0. The number of aromatic nitrogens is 2. The predicted molar refractivity (Wildman–Crippen MR) is 96.7 cm³/mol. The van der Waals surface area contributed by atoms with Gasteiger partial charge >= 0.3 is 0 Å². The summed E-state index contributed by atoms with van der Waals surface area (Å²) in [6.45, 7) is 0.545. The Labute approximate surface area is 152 Å². The highest BCUT2D eigenvalue weighted by molar-refractivity contribution is 7.91. The lowest BCUT2D eigenvalue weighted by Gasteiger charge is -2.20. The van der Waals surface area contributed by atoms with Crippen molar-refractivity contribution in [3.8, 4) is 11.3 Å². The summed E-state index contributed by atoms with van der Waals surface area (Å²) < 4.78 is 36.3. The number of carbonyl (C=O) groups excluding carboxylic acids is 1. The van der Waals surface area contributed by atoms with Gasteiger partial charge in [-0.25, -0.2) is 12.8 Å². The van der Waals surface area contributed by atoms with Gasteiger partial charge in [-0.2, -0.15) is 5.10 Å². The molecule has 8 heteroatoms. The first-order chi connectivity index (χ1) is 12.3. The molecule has 1 amide bonds. The molecule has 1 saturated heterocycles. The number of sulfone groups is 1. The van der Waals surface area contributed by atoms with Gasteiger partial charge < -0.3 is 4.90 Å². The summed E-state index contributed by atoms with van der Waals surface area (Å²) in [6.07, 6.45) is 1.85. The molecule has 1 unspecified atom stereocenters. The van der Waals surface area contributed by atoms with Gasteiger partial charge in [0.2, 0.25) is 5.91 Å². The summed E-state index contributed by atoms with van der Waals surface area (Å²) in [7, 11) is -1.34. The Morgan fingerprint density at radius 1 is 1.38 bits per heavy atom. The third-order valence-electron chi connectivity index (χ3n) is 4.65. The van der Waals surface area contributed by atoms with Crippen LogP contribution in [0.5, 0.6) is 0 Å². The molecule has 1 aromatic heterocycles. The van der Waals surface area contributed by atoms with E-state index in [0.29, 0.717) is 30.6 Å². The molecule has 1 aliphatic rings. The lowest BCUT2D eigenvalue weighted by atomic mass is 10.1. The van der Waals surface area contributed by atoms with Crippen LogP contribution in [0.2, 0.25) is 0 Å². The van der Waals surface area contributed by atoms with Crippen molar-refractivity contribution in [2.75, 3.05) is 25.1 Å². The molecule has 0 saturated carbocycles. The molecule has 140 valence electrons. The van der Waals surface area contributed by atoms with Gasteiger partial charge in [0, 0.05) is 24.8 Å². The van der Waals surface area contributed by atoms with Gasteiger partial charge in [0.1, 0.15) is 5.82 Å². The fourth-order valence-electron chi connectivity index (χ4n) is 3.20. The largest absolute Gasteiger partial charge is 0.345 e. The van der Waals surface area contributed by atoms with Crippen LogP contribution >= 0.6 is 0 Å². The molecule has 0 radical (unpaired) electrons. The number of hydrogen-bond donors (Lipinski definition) is 1. The monoisotopic (exact) mass is 379 g/mol. The number of hydrogen-bond acceptors (Lipinski definition) is 4. The average molecular weight is 379 g/mol. The van der Waals surface area contributed by atoms with E-state index >= 15 is 0 Å². The number of H-pyrrole nitrogens is 1. The second-order valence-electron chi connectivity index (χ2n) is 6.75. The normalized spacial score (nSPS) is 18.8. The highest BCUT2D eigenvalue weighted by Crippen LogP contribution is 2.21. The van der Waals surface area contributed by atoms with Crippen LogP contribution in [0, 0.1) is 11.7 Å². The molecular formula is C18H22FN3O3S. The van der Waals surface area contributed by atoms with Crippen molar-refractivity contribution in [3.63, 3.8) is 0 Å². The Kier molecular flexibility index (Phi) is 5.41. The van der Waals surface area contributed by atoms with Crippen molar-refractivity contribution in [3.05, 3.63) is 41.8 Å². The summed E-state index contributed by atoms with van der Waals surface area (Å²) in [5, 5.41) is 7.14. The minimum atomic E-state index is -3.05. The van der Waals surface area contributed by atoms with Gasteiger partial charge in [-0.1, -0.05) is 12.1 Å². The number of benzene rings is 1. The lowest BCUT2D eigenvalue weighted by molar-refractivity contribution is -0.133. The number of carbonyl (C=O) groups is 1. The van der Waals surface area contributed by atoms with Crippen LogP contribution in [-0.2, 0) is 21.1 Å². The van der Waals surface area contributed by atoms with E-state index in [-0.39, 0.29) is 23.2 Å². The lowest BCUT2D eigenvalue weighted by Crippen LogP contribution is -2.34. The van der Waals surface area contributed by atoms with E-state index in [9.17, 15) is 17.6 Å². The van der Waals surface area contributed by atoms with Crippen molar-refractivity contribution in [1.29, 1.82) is 0 Å². The third-order valence-corrected chi connectivity index (χ3v) is 6.42. The van der Waals surface area contributed by atoms with Crippen LogP contribution in [0.25, 0.3) is 11.3 Å². The van der Waals surface area contributed by atoms with Gasteiger partial charge in [0.15, 0.2) is 9.84 Å². The van der Waals surface area contributed by atoms with Gasteiger partial charge in [0.25, 0.3) is 0 Å². The van der Waals surface area contributed by atoms with E-state index < -0.39 is 15.8 Å². The number of nitrogens with zero attached hydrogens (tertiary/aromatic N) is 2. The minimum Gasteiger partial charge on any atom is -0.345 e. The third kappa shape index (κ3) is 4.49. The summed E-state index contributed by atoms with van der Waals surface area (Å²) in [5.41, 5.74) is 2.30. The zero-order valence-corrected chi connectivity index (χ0v) is 15.4. The van der Waals surface area contributed by atoms with Gasteiger partial charge in [0.05, 0.1) is 23.1 Å². The highest BCUT2D eigenvalue weighted by Gasteiger charge is 2.34. The molecule has 3 rings (SSSR count). The van der Waals surface area contributed by atoms with E-state index in [1.165, 1.54) is 12.1 Å². The Morgan fingerprint density at radius 2 is 2.19 bits per heavy atom. The zero-order chi connectivity index (χ0) is 18.7. The maximum atomic E-state index is 13.3. The Bertz CT molecular complexity index is 895. The summed E-state index contributed by atoms with van der Waals surface area (Å²) in [5.74, 6) is -0.740. The Morgan fingerprint density at radius 3 is 2.88 bits per heavy atom. The molecular weight excluding hydrogens is 357 g/mol. The highest BCUT2D eigenvalue weighted by atomic mass is 32.2. The molecule has 0 spiro atoms. The van der Waals surface area contributed by atoms with E-state index in [1.54, 1.807) is 24.1 Å². The van der Waals surface area contributed by atoms with Crippen molar-refractivity contribution in [2.45, 2.75) is 19.3 Å². The van der Waals surface area contributed by atoms with E-state index in [1.807, 2.05) is 6.07 Å². The molecule has 2 heterocycles. The molecule has 1 aromatic carbocycles. The molecule has 1 N–H and O–H groups in total. The van der Waals surface area contributed by atoms with Gasteiger partial charge in [-0.05, 0) is 37.5 Å². The second kappa shape index (κ2) is 7.57. The summed E-state index contributed by atoms with van der Waals surface area (Å²) in [4.78, 5) is 13.9. The van der Waals surface area contributed by atoms with Crippen LogP contribution in [-0.4, -0.2) is 54.5 Å². The number of amides is 1. The van der Waals surface area contributed by atoms with Gasteiger partial charge in [-0.3, -0.25) is 9.89 Å². The van der Waals surface area contributed by atoms with E-state index in [4.69, 9.17) is 0 Å². The average Bonchev–Trinajstić information content (AvgIpc) is 3.20. The van der Waals surface area contributed by atoms with Crippen LogP contribution in [0.1, 0.15) is 18.5 Å². The Balaban J connectivity index is 1.50. The first-order valence-corrected chi connectivity index (χ1v) is 10.4. The molecule has 6 nitrogen and oxygen atoms in total. The SMILES string of the molecule is CN(CCCc1cc(-c2cccc(F)c2)n[nH]1)C(=O)C1CCS(=O)(=O)C1. The van der Waals surface area contributed by atoms with Crippen molar-refractivity contribution < 1.29 is 17.6 Å². The van der Waals surface area contributed by atoms with Crippen LogP contribution in [0.15, 0.2) is 30.3 Å². The van der Waals surface area contributed by atoms with Crippen LogP contribution in [0.3, 0.4) is 0 Å². The number of halogens is 1. The van der Waals surface area contributed by atoms with E-state index in [2.05, 4.69) is 10.2 Å². The minimum absolute atomic E-state index is 0.0340. The zero-order valence-electron chi connectivity index (χ0n) is 14.6. The maximum Gasteiger partial charge on any atom is 0.226 e. The number of rotatable bonds is 6. The van der Waals surface area contributed by atoms with Crippen LogP contribution in [0.4, 0.5) is 4.39 Å². The number of nitrogens with one attached hydrogen (secondary N) is 1. The quantitative estimate of drug-likeness (QED) is 0.833. The topological polar surface area (TPSA) is 83.1 Å². The van der Waals surface area contributed by atoms with Gasteiger partial charge in [-0.15, -0.1) is 0 Å². The molecule has 1 aliphatic heterocycles. The number of aromatic amines is 1. The van der Waals surface area contributed by atoms with E-state index in [0.717, 1.165) is 12.1 Å². The van der Waals surface area contributed by atoms with Crippen molar-refractivity contribution in [2.24, 2.45) is 5.92 Å². The fourth-order valence-corrected chi connectivity index (χ4v) is 4.94. The first-order valence-electron chi connectivity index (χ1n) is 8.60. The molecule has 0 bridgehead atoms. The fraction of sp³-hybridized carbons (Fsp3) is 0.444. The van der Waals surface area contributed by atoms with Crippen molar-refractivity contribution >= 4 is 15.7 Å². The smallest absolute Gasteiger partial charge is 0.226 e. The molecule has 0 aliphatic carbocycles. The summed E-state index contributed by atoms with van der Waals surface area (Å²) in [6, 6.07) is 8.13. The maximum absolute atomic E-state index is 13.3. The predicted octanol–water partition coefficient (Wildman–Crippen LogP) is 2.04. The molecule has 1 atom stereocenters. The molecule has 2 aromatic rings. The molecule has 1 fully saturated rings. The molecule has 26 heavy (non-hydrogen) atoms.